The van der Waals surface area contributed by atoms with Crippen molar-refractivity contribution in [3.05, 3.63) is 18.0 Å². The fourth-order valence-corrected chi connectivity index (χ4v) is 2.57. The van der Waals surface area contributed by atoms with Crippen LogP contribution < -0.4 is 10.5 Å². The normalized spacial score (nSPS) is 22.9. The van der Waals surface area contributed by atoms with E-state index in [1.54, 1.807) is 0 Å². The maximum absolute atomic E-state index is 12.0. The van der Waals surface area contributed by atoms with Crippen molar-refractivity contribution in [2.24, 2.45) is 12.2 Å². The minimum Gasteiger partial charge on any atom is -0.386 e. The lowest BCUT2D eigenvalue weighted by Gasteiger charge is -2.20. The summed E-state index contributed by atoms with van der Waals surface area (Å²) in [6, 6.07) is 1.19. The molecule has 0 spiro atoms. The maximum atomic E-state index is 12.0. The van der Waals surface area contributed by atoms with Crippen LogP contribution in [0.4, 0.5) is 0 Å². The number of aliphatic hydroxyl groups is 1. The van der Waals surface area contributed by atoms with E-state index in [2.05, 4.69) is 5.32 Å². The number of carbonyl (C=O) groups is 1. The van der Waals surface area contributed by atoms with E-state index in [0.717, 1.165) is 0 Å². The highest BCUT2D eigenvalue weighted by molar-refractivity contribution is 7.89. The molecule has 1 amide bonds. The van der Waals surface area contributed by atoms with Crippen molar-refractivity contribution in [2.75, 3.05) is 19.8 Å². The van der Waals surface area contributed by atoms with Crippen LogP contribution >= 0.6 is 0 Å². The Balaban J connectivity index is 2.08. The van der Waals surface area contributed by atoms with E-state index in [0.29, 0.717) is 13.0 Å². The van der Waals surface area contributed by atoms with E-state index >= 15 is 0 Å². The Morgan fingerprint density at radius 2 is 2.35 bits per heavy atom. The Morgan fingerprint density at radius 1 is 1.65 bits per heavy atom. The highest BCUT2D eigenvalue weighted by Gasteiger charge is 2.32. The zero-order valence-corrected chi connectivity index (χ0v) is 11.8. The summed E-state index contributed by atoms with van der Waals surface area (Å²) in [6.07, 6.45) is 1.71. The third-order valence-corrected chi connectivity index (χ3v) is 4.08. The minimum atomic E-state index is -3.85. The van der Waals surface area contributed by atoms with Crippen LogP contribution in [-0.2, 0) is 21.8 Å². The summed E-state index contributed by atoms with van der Waals surface area (Å²) < 4.78 is 28.9. The number of carbonyl (C=O) groups excluding carboxylic acids is 1. The van der Waals surface area contributed by atoms with Gasteiger partial charge in [0.1, 0.15) is 16.2 Å². The lowest BCUT2D eigenvalue weighted by molar-refractivity contribution is 0.0263. The first-order valence-electron chi connectivity index (χ1n) is 5.99. The molecule has 1 fully saturated rings. The molecule has 1 aliphatic rings. The van der Waals surface area contributed by atoms with E-state index in [1.165, 1.54) is 23.9 Å². The van der Waals surface area contributed by atoms with Crippen molar-refractivity contribution < 1.29 is 23.1 Å². The van der Waals surface area contributed by atoms with Gasteiger partial charge in [0, 0.05) is 32.8 Å². The summed E-state index contributed by atoms with van der Waals surface area (Å²) in [5, 5.41) is 17.6. The van der Waals surface area contributed by atoms with Gasteiger partial charge in [-0.2, -0.15) is 0 Å². The molecule has 0 bridgehead atoms. The Hall–Kier alpha value is -1.42. The maximum Gasteiger partial charge on any atom is 0.268 e. The lowest BCUT2D eigenvalue weighted by atomic mass is 10.0. The number of nitrogens with zero attached hydrogens (tertiary/aromatic N) is 1. The summed E-state index contributed by atoms with van der Waals surface area (Å²) in [5.74, 6) is -0.484. The largest absolute Gasteiger partial charge is 0.386 e. The van der Waals surface area contributed by atoms with Crippen molar-refractivity contribution in [3.8, 4) is 0 Å². The molecule has 1 saturated heterocycles. The highest BCUT2D eigenvalue weighted by atomic mass is 32.2. The molecular weight excluding hydrogens is 286 g/mol. The topological polar surface area (TPSA) is 124 Å². The summed E-state index contributed by atoms with van der Waals surface area (Å²) in [4.78, 5) is 11.9. The number of rotatable bonds is 4. The zero-order chi connectivity index (χ0) is 15.0. The second-order valence-corrected chi connectivity index (χ2v) is 6.49. The first kappa shape index (κ1) is 15.0. The summed E-state index contributed by atoms with van der Waals surface area (Å²) in [7, 11) is -2.31. The Kier molecular flexibility index (Phi) is 3.87. The number of aromatic nitrogens is 1. The summed E-state index contributed by atoms with van der Waals surface area (Å²) in [6.45, 7) is 0.663. The van der Waals surface area contributed by atoms with Gasteiger partial charge < -0.3 is 19.7 Å². The molecule has 8 nitrogen and oxygen atoms in total. The van der Waals surface area contributed by atoms with Crippen molar-refractivity contribution in [1.29, 1.82) is 0 Å². The number of hydrogen-bond acceptors (Lipinski definition) is 5. The summed E-state index contributed by atoms with van der Waals surface area (Å²) in [5.41, 5.74) is -0.916. The lowest BCUT2D eigenvalue weighted by Crippen LogP contribution is -2.43. The van der Waals surface area contributed by atoms with Crippen LogP contribution in [0.1, 0.15) is 16.9 Å². The molecule has 1 aromatic heterocycles. The molecule has 2 rings (SSSR count). The van der Waals surface area contributed by atoms with Crippen LogP contribution in [0.15, 0.2) is 17.2 Å². The third-order valence-electron chi connectivity index (χ3n) is 3.20. The van der Waals surface area contributed by atoms with E-state index in [-0.39, 0.29) is 23.7 Å². The molecule has 4 N–H and O–H groups in total. The monoisotopic (exact) mass is 303 g/mol. The van der Waals surface area contributed by atoms with Gasteiger partial charge in [0.05, 0.1) is 6.61 Å². The van der Waals surface area contributed by atoms with E-state index in [4.69, 9.17) is 9.88 Å². The molecular formula is C11H17N3O5S. The predicted molar refractivity (Wildman–Crippen MR) is 69.5 cm³/mol. The number of primary sulfonamides is 1. The van der Waals surface area contributed by atoms with Crippen LogP contribution in [0.5, 0.6) is 0 Å². The number of ether oxygens (including phenoxy) is 1. The first-order valence-corrected chi connectivity index (χ1v) is 7.53. The van der Waals surface area contributed by atoms with Gasteiger partial charge in [-0.05, 0) is 6.07 Å². The van der Waals surface area contributed by atoms with Gasteiger partial charge in [0.15, 0.2) is 0 Å². The van der Waals surface area contributed by atoms with Crippen molar-refractivity contribution in [2.45, 2.75) is 16.9 Å². The van der Waals surface area contributed by atoms with Gasteiger partial charge in [-0.25, -0.2) is 13.6 Å². The second-order valence-electron chi connectivity index (χ2n) is 4.93. The van der Waals surface area contributed by atoms with Gasteiger partial charge in [-0.3, -0.25) is 4.79 Å². The fourth-order valence-electron chi connectivity index (χ4n) is 1.99. The summed E-state index contributed by atoms with van der Waals surface area (Å²) >= 11 is 0. The van der Waals surface area contributed by atoms with Crippen LogP contribution in [0.2, 0.25) is 0 Å². The average molecular weight is 303 g/mol. The predicted octanol–water partition coefficient (Wildman–Crippen LogP) is -1.45. The van der Waals surface area contributed by atoms with Gasteiger partial charge in [-0.1, -0.05) is 0 Å². The first-order chi connectivity index (χ1) is 9.21. The molecule has 0 saturated carbocycles. The Morgan fingerprint density at radius 3 is 2.85 bits per heavy atom. The van der Waals surface area contributed by atoms with E-state index in [9.17, 15) is 18.3 Å². The number of aryl methyl sites for hydroxylation is 1. The van der Waals surface area contributed by atoms with Crippen molar-refractivity contribution in [1.82, 2.24) is 9.88 Å². The van der Waals surface area contributed by atoms with Crippen molar-refractivity contribution >= 4 is 15.9 Å². The van der Waals surface area contributed by atoms with Crippen LogP contribution in [0.25, 0.3) is 0 Å². The molecule has 2 heterocycles. The molecule has 1 aromatic rings. The number of nitrogens with one attached hydrogen (secondary N) is 1. The molecule has 0 radical (unpaired) electrons. The molecule has 1 atom stereocenters. The van der Waals surface area contributed by atoms with E-state index in [1.807, 2.05) is 0 Å². The zero-order valence-electron chi connectivity index (χ0n) is 11.0. The SMILES string of the molecule is Cn1cc(S(N)(=O)=O)cc1C(=O)NCC1(O)CCOC1. The smallest absolute Gasteiger partial charge is 0.268 e. The minimum absolute atomic E-state index is 0.0434. The number of nitrogens with two attached hydrogens (primary N) is 1. The Labute approximate surface area is 116 Å². The highest BCUT2D eigenvalue weighted by Crippen LogP contribution is 2.17. The molecule has 112 valence electrons. The van der Waals surface area contributed by atoms with Gasteiger partial charge in [0.25, 0.3) is 5.91 Å². The molecule has 0 aliphatic carbocycles. The number of sulfonamides is 1. The van der Waals surface area contributed by atoms with Crippen molar-refractivity contribution in [3.63, 3.8) is 0 Å². The third kappa shape index (κ3) is 3.18. The van der Waals surface area contributed by atoms with Gasteiger partial charge >= 0.3 is 0 Å². The standard InChI is InChI=1S/C11H17N3O5S/c1-14-5-8(20(12,17)18)4-9(14)10(15)13-6-11(16)2-3-19-7-11/h4-5,16H,2-3,6-7H2,1H3,(H,13,15)(H2,12,17,18). The quantitative estimate of drug-likeness (QED) is 0.628. The number of hydrogen-bond donors (Lipinski definition) is 3. The van der Waals surface area contributed by atoms with Crippen LogP contribution in [0.3, 0.4) is 0 Å². The fraction of sp³-hybridized carbons (Fsp3) is 0.545. The molecule has 9 heteroatoms. The Bertz CT molecular complexity index is 616. The average Bonchev–Trinajstić information content (AvgIpc) is 2.93. The van der Waals surface area contributed by atoms with Crippen LogP contribution in [0, 0.1) is 0 Å². The number of amides is 1. The second kappa shape index (κ2) is 5.17. The molecule has 1 aliphatic heterocycles. The molecule has 20 heavy (non-hydrogen) atoms. The van der Waals surface area contributed by atoms with Gasteiger partial charge in [-0.15, -0.1) is 0 Å². The van der Waals surface area contributed by atoms with Gasteiger partial charge in [0.2, 0.25) is 10.0 Å². The molecule has 0 aromatic carbocycles. The molecule has 1 unspecified atom stereocenters. The van der Waals surface area contributed by atoms with E-state index < -0.39 is 21.5 Å². The van der Waals surface area contributed by atoms with Crippen LogP contribution in [-0.4, -0.2) is 49.4 Å².